The molecule has 2 N–H and O–H groups in total. The number of quaternary nitrogens is 1. The Labute approximate surface area is 50.1 Å². The fourth-order valence-corrected chi connectivity index (χ4v) is 1.08. The van der Waals surface area contributed by atoms with Gasteiger partial charge in [-0.25, -0.2) is 0 Å². The van der Waals surface area contributed by atoms with Crippen molar-refractivity contribution in [2.24, 2.45) is 0 Å². The maximum atomic E-state index is 9.11. The number of rotatable bonds is 0. The Balaban J connectivity index is 2.44. The summed E-state index contributed by atoms with van der Waals surface area (Å²) in [7, 11) is 3.83. The Bertz CT molecular complexity index is 74.6. The number of nitrogens with one attached hydrogen (secondary N) is 1. The Morgan fingerprint density at radius 1 is 1.75 bits per heavy atom. The van der Waals surface area contributed by atoms with Gasteiger partial charge in [-0.15, -0.1) is 0 Å². The molecule has 2 heteroatoms. The minimum absolute atomic E-state index is 0.109. The van der Waals surface area contributed by atoms with Crippen molar-refractivity contribution in [3.05, 3.63) is 7.05 Å². The summed E-state index contributed by atoms with van der Waals surface area (Å²) in [5.41, 5.74) is 0. The minimum Gasteiger partial charge on any atom is -0.463 e. The maximum absolute atomic E-state index is 9.11. The van der Waals surface area contributed by atoms with Crippen molar-refractivity contribution < 1.29 is 10.0 Å². The summed E-state index contributed by atoms with van der Waals surface area (Å²) >= 11 is 0. The third kappa shape index (κ3) is 0.858. The number of hydrogen-bond donors (Lipinski definition) is 2. The highest BCUT2D eigenvalue weighted by Crippen LogP contribution is 1.98. The second-order valence-corrected chi connectivity index (χ2v) is 2.55. The zero-order chi connectivity index (χ0) is 6.15. The smallest absolute Gasteiger partial charge is 0.108 e. The van der Waals surface area contributed by atoms with Crippen molar-refractivity contribution in [1.29, 1.82) is 0 Å². The third-order valence-electron chi connectivity index (χ3n) is 1.98. The van der Waals surface area contributed by atoms with E-state index in [1.165, 1.54) is 4.90 Å². The SMILES string of the molecule is [CH2-][NH+]1CC[C@H](O)[C@H]1C. The molecule has 0 aromatic carbocycles. The van der Waals surface area contributed by atoms with Crippen LogP contribution >= 0.6 is 0 Å². The summed E-state index contributed by atoms with van der Waals surface area (Å²) in [5.74, 6) is 0. The first kappa shape index (κ1) is 6.05. The molecule has 0 radical (unpaired) electrons. The van der Waals surface area contributed by atoms with E-state index in [4.69, 9.17) is 5.11 Å². The zero-order valence-electron chi connectivity index (χ0n) is 5.22. The first-order chi connectivity index (χ1) is 3.72. The molecule has 1 aliphatic rings. The second kappa shape index (κ2) is 2.03. The van der Waals surface area contributed by atoms with Crippen LogP contribution in [0.25, 0.3) is 0 Å². The van der Waals surface area contributed by atoms with E-state index in [1.54, 1.807) is 0 Å². The van der Waals surface area contributed by atoms with E-state index in [9.17, 15) is 0 Å². The van der Waals surface area contributed by atoms with Gasteiger partial charge in [-0.05, 0) is 6.92 Å². The number of likely N-dealkylation sites (tertiary alicyclic amines) is 1. The molecule has 0 bridgehead atoms. The Kier molecular flexibility index (Phi) is 1.54. The van der Waals surface area contributed by atoms with Crippen LogP contribution in [-0.4, -0.2) is 23.8 Å². The topological polar surface area (TPSA) is 24.7 Å². The van der Waals surface area contributed by atoms with Crippen LogP contribution in [0.1, 0.15) is 13.3 Å². The zero-order valence-corrected chi connectivity index (χ0v) is 5.22. The standard InChI is InChI=1S/C6H13NO/c1-5-6(8)3-4-7(5)2/h5-8H,2-4H2,1H3/t5-,6+/m1/s1. The largest absolute Gasteiger partial charge is 0.463 e. The lowest BCUT2D eigenvalue weighted by molar-refractivity contribution is -0.866. The molecule has 1 unspecified atom stereocenters. The van der Waals surface area contributed by atoms with E-state index >= 15 is 0 Å². The van der Waals surface area contributed by atoms with Crippen LogP contribution in [0.5, 0.6) is 0 Å². The van der Waals surface area contributed by atoms with E-state index in [1.807, 2.05) is 6.92 Å². The van der Waals surface area contributed by atoms with Gasteiger partial charge in [0.1, 0.15) is 6.10 Å². The lowest BCUT2D eigenvalue weighted by Crippen LogP contribution is -3.08. The van der Waals surface area contributed by atoms with Gasteiger partial charge >= 0.3 is 0 Å². The molecule has 1 aliphatic heterocycles. The number of aliphatic hydroxyl groups excluding tert-OH is 1. The molecule has 0 aliphatic carbocycles. The van der Waals surface area contributed by atoms with E-state index in [2.05, 4.69) is 7.05 Å². The van der Waals surface area contributed by atoms with Gasteiger partial charge in [-0.1, -0.05) is 0 Å². The summed E-state index contributed by atoms with van der Waals surface area (Å²) in [4.78, 5) is 1.21. The number of aliphatic hydroxyl groups is 1. The van der Waals surface area contributed by atoms with Crippen LogP contribution < -0.4 is 4.90 Å². The van der Waals surface area contributed by atoms with Crippen LogP contribution in [0.3, 0.4) is 0 Å². The summed E-state index contributed by atoms with van der Waals surface area (Å²) < 4.78 is 0. The van der Waals surface area contributed by atoms with Crippen molar-refractivity contribution in [3.8, 4) is 0 Å². The van der Waals surface area contributed by atoms with E-state index in [0.717, 1.165) is 13.0 Å². The van der Waals surface area contributed by atoms with Gasteiger partial charge in [0.05, 0.1) is 12.6 Å². The van der Waals surface area contributed by atoms with Gasteiger partial charge in [-0.3, -0.25) is 0 Å². The average Bonchev–Trinajstić information content (AvgIpc) is 1.98. The van der Waals surface area contributed by atoms with Crippen LogP contribution in [0.4, 0.5) is 0 Å². The molecule has 3 atom stereocenters. The Hall–Kier alpha value is -0.0800. The predicted octanol–water partition coefficient (Wildman–Crippen LogP) is -1.18. The predicted molar refractivity (Wildman–Crippen MR) is 31.3 cm³/mol. The van der Waals surface area contributed by atoms with E-state index < -0.39 is 0 Å². The van der Waals surface area contributed by atoms with Crippen LogP contribution in [-0.2, 0) is 0 Å². The van der Waals surface area contributed by atoms with Crippen LogP contribution in [0.2, 0.25) is 0 Å². The van der Waals surface area contributed by atoms with Crippen molar-refractivity contribution >= 4 is 0 Å². The Morgan fingerprint density at radius 2 is 2.38 bits per heavy atom. The maximum Gasteiger partial charge on any atom is 0.108 e. The van der Waals surface area contributed by atoms with Gasteiger partial charge in [-0.2, -0.15) is 7.05 Å². The van der Waals surface area contributed by atoms with Crippen molar-refractivity contribution in [2.75, 3.05) is 6.54 Å². The van der Waals surface area contributed by atoms with Crippen LogP contribution in [0.15, 0.2) is 0 Å². The molecule has 1 saturated heterocycles. The van der Waals surface area contributed by atoms with Crippen LogP contribution in [0, 0.1) is 7.05 Å². The number of hydrogen-bond acceptors (Lipinski definition) is 1. The molecular formula is C6H13NO. The van der Waals surface area contributed by atoms with Crippen molar-refractivity contribution in [1.82, 2.24) is 0 Å². The van der Waals surface area contributed by atoms with Gasteiger partial charge in [0.15, 0.2) is 0 Å². The Morgan fingerprint density at radius 3 is 2.50 bits per heavy atom. The molecule has 0 spiro atoms. The summed E-state index contributed by atoms with van der Waals surface area (Å²) in [6, 6.07) is 0.343. The summed E-state index contributed by atoms with van der Waals surface area (Å²) in [5, 5.41) is 9.11. The fraction of sp³-hybridized carbons (Fsp3) is 0.833. The lowest BCUT2D eigenvalue weighted by Gasteiger charge is -2.19. The normalized spacial score (nSPS) is 47.6. The molecule has 0 aromatic heterocycles. The van der Waals surface area contributed by atoms with Gasteiger partial charge in [0, 0.05) is 6.42 Å². The van der Waals surface area contributed by atoms with Gasteiger partial charge in [0.25, 0.3) is 0 Å². The van der Waals surface area contributed by atoms with E-state index in [-0.39, 0.29) is 6.10 Å². The van der Waals surface area contributed by atoms with Crippen molar-refractivity contribution in [2.45, 2.75) is 25.5 Å². The quantitative estimate of drug-likeness (QED) is 0.381. The lowest BCUT2D eigenvalue weighted by atomic mass is 10.2. The average molecular weight is 115 g/mol. The van der Waals surface area contributed by atoms with Crippen molar-refractivity contribution in [3.63, 3.8) is 0 Å². The molecular weight excluding hydrogens is 102 g/mol. The summed E-state index contributed by atoms with van der Waals surface area (Å²) in [6.45, 7) is 3.04. The van der Waals surface area contributed by atoms with Gasteiger partial charge < -0.3 is 10.0 Å². The molecule has 0 amide bonds. The minimum atomic E-state index is -0.109. The molecule has 8 heavy (non-hydrogen) atoms. The monoisotopic (exact) mass is 115 g/mol. The highest BCUT2D eigenvalue weighted by molar-refractivity contribution is 4.67. The molecule has 0 saturated carbocycles. The highest BCUT2D eigenvalue weighted by atomic mass is 16.3. The first-order valence-electron chi connectivity index (χ1n) is 3.07. The highest BCUT2D eigenvalue weighted by Gasteiger charge is 2.25. The van der Waals surface area contributed by atoms with E-state index in [0.29, 0.717) is 6.04 Å². The molecule has 48 valence electrons. The summed E-state index contributed by atoms with van der Waals surface area (Å²) in [6.07, 6.45) is 0.808. The molecule has 1 fully saturated rings. The molecule has 1 heterocycles. The molecule has 2 nitrogen and oxygen atoms in total. The third-order valence-corrected chi connectivity index (χ3v) is 1.98. The first-order valence-corrected chi connectivity index (χ1v) is 3.07. The van der Waals surface area contributed by atoms with Gasteiger partial charge in [0.2, 0.25) is 0 Å². The second-order valence-electron chi connectivity index (χ2n) is 2.55. The molecule has 0 aromatic rings. The fourth-order valence-electron chi connectivity index (χ4n) is 1.08. The molecule has 1 rings (SSSR count).